The number of hydrogen-bond acceptors (Lipinski definition) is 4. The predicted octanol–water partition coefficient (Wildman–Crippen LogP) is 0.843. The molecule has 0 unspecified atom stereocenters. The topological polar surface area (TPSA) is 72.5 Å². The first-order chi connectivity index (χ1) is 6.69. The second kappa shape index (κ2) is 4.62. The summed E-state index contributed by atoms with van der Waals surface area (Å²) in [6.45, 7) is 1.75. The highest BCUT2D eigenvalue weighted by atomic mass is 16.5. The molecule has 0 heterocycles. The Labute approximate surface area is 82.3 Å². The molecule has 0 aromatic heterocycles. The van der Waals surface area contributed by atoms with Crippen LogP contribution in [0.2, 0.25) is 0 Å². The van der Waals surface area contributed by atoms with Crippen LogP contribution >= 0.6 is 0 Å². The van der Waals surface area contributed by atoms with Crippen molar-refractivity contribution < 1.29 is 14.6 Å². The molecule has 0 spiro atoms. The quantitative estimate of drug-likeness (QED) is 0.551. The lowest BCUT2D eigenvalue weighted by Crippen LogP contribution is -2.08. The average Bonchev–Trinajstić information content (AvgIpc) is 2.20. The Hall–Kier alpha value is -1.55. The van der Waals surface area contributed by atoms with Crippen LogP contribution < -0.4 is 10.5 Å². The molecule has 4 nitrogen and oxygen atoms in total. The Morgan fingerprint density at radius 3 is 2.86 bits per heavy atom. The minimum atomic E-state index is -0.538. The van der Waals surface area contributed by atoms with Crippen molar-refractivity contribution in [1.29, 1.82) is 0 Å². The molecule has 0 fully saturated rings. The molecule has 0 aliphatic carbocycles. The Morgan fingerprint density at radius 2 is 2.29 bits per heavy atom. The molecule has 0 aliphatic heterocycles. The zero-order chi connectivity index (χ0) is 10.6. The first kappa shape index (κ1) is 10.5. The third-order valence-electron chi connectivity index (χ3n) is 1.75. The largest absolute Gasteiger partial charge is 0.493 e. The Kier molecular flexibility index (Phi) is 3.48. The summed E-state index contributed by atoms with van der Waals surface area (Å²) < 4.78 is 5.23. The van der Waals surface area contributed by atoms with E-state index in [0.29, 0.717) is 23.6 Å². The fourth-order valence-electron chi connectivity index (χ4n) is 1.13. The fraction of sp³-hybridized carbons (Fsp3) is 0.300. The van der Waals surface area contributed by atoms with E-state index in [1.165, 1.54) is 6.07 Å². The number of rotatable bonds is 4. The van der Waals surface area contributed by atoms with Crippen LogP contribution in [0.4, 0.5) is 5.69 Å². The van der Waals surface area contributed by atoms with Gasteiger partial charge in [0, 0.05) is 5.69 Å². The van der Waals surface area contributed by atoms with Gasteiger partial charge in [0.2, 0.25) is 0 Å². The third-order valence-corrected chi connectivity index (χ3v) is 1.75. The number of Topliss-reactive ketones (excluding diaryl/α,β-unsaturated/α-hetero) is 1. The molecular formula is C10H13NO3. The molecule has 76 valence electrons. The minimum absolute atomic E-state index is 0.328. The Bertz CT molecular complexity index is 336. The van der Waals surface area contributed by atoms with Crippen molar-refractivity contribution in [3.8, 4) is 5.75 Å². The smallest absolute Gasteiger partial charge is 0.191 e. The van der Waals surface area contributed by atoms with E-state index >= 15 is 0 Å². The number of carbonyl (C=O) groups excluding carboxylic acids is 1. The van der Waals surface area contributed by atoms with Crippen LogP contribution in [-0.4, -0.2) is 24.1 Å². The molecule has 1 rings (SSSR count). The number of nitrogen functional groups attached to an aromatic ring is 1. The van der Waals surface area contributed by atoms with Crippen molar-refractivity contribution in [2.45, 2.75) is 6.92 Å². The van der Waals surface area contributed by atoms with Crippen molar-refractivity contribution in [1.82, 2.24) is 0 Å². The van der Waals surface area contributed by atoms with E-state index < -0.39 is 6.61 Å². The van der Waals surface area contributed by atoms with Crippen molar-refractivity contribution in [3.63, 3.8) is 0 Å². The van der Waals surface area contributed by atoms with Gasteiger partial charge in [0.15, 0.2) is 5.78 Å². The number of ketones is 1. The van der Waals surface area contributed by atoms with E-state index in [9.17, 15) is 4.79 Å². The van der Waals surface area contributed by atoms with Crippen LogP contribution in [0.5, 0.6) is 5.75 Å². The highest BCUT2D eigenvalue weighted by molar-refractivity contribution is 6.00. The molecule has 0 saturated heterocycles. The van der Waals surface area contributed by atoms with Crippen LogP contribution in [0.1, 0.15) is 17.3 Å². The van der Waals surface area contributed by atoms with Gasteiger partial charge in [-0.1, -0.05) is 0 Å². The second-order valence-corrected chi connectivity index (χ2v) is 2.77. The number of aliphatic hydroxyl groups excluding tert-OH is 1. The number of benzene rings is 1. The highest BCUT2D eigenvalue weighted by Gasteiger charge is 2.11. The number of carbonyl (C=O) groups is 1. The monoisotopic (exact) mass is 195 g/mol. The zero-order valence-electron chi connectivity index (χ0n) is 7.99. The van der Waals surface area contributed by atoms with Gasteiger partial charge in [0.05, 0.1) is 12.2 Å². The van der Waals surface area contributed by atoms with Gasteiger partial charge in [-0.05, 0) is 25.1 Å². The van der Waals surface area contributed by atoms with Gasteiger partial charge in [-0.25, -0.2) is 0 Å². The predicted molar refractivity (Wildman–Crippen MR) is 53.4 cm³/mol. The fourth-order valence-corrected chi connectivity index (χ4v) is 1.13. The summed E-state index contributed by atoms with van der Waals surface area (Å²) in [5.74, 6) is 0.0708. The van der Waals surface area contributed by atoms with Crippen LogP contribution in [0.25, 0.3) is 0 Å². The first-order valence-corrected chi connectivity index (χ1v) is 4.35. The van der Waals surface area contributed by atoms with E-state index in [1.807, 2.05) is 6.92 Å². The van der Waals surface area contributed by atoms with Gasteiger partial charge in [0.25, 0.3) is 0 Å². The molecule has 0 saturated carbocycles. The number of hydrogen-bond donors (Lipinski definition) is 2. The maximum absolute atomic E-state index is 11.3. The molecule has 0 amide bonds. The molecule has 0 aliphatic rings. The van der Waals surface area contributed by atoms with E-state index in [2.05, 4.69) is 0 Å². The van der Waals surface area contributed by atoms with Crippen LogP contribution in [-0.2, 0) is 0 Å². The SMILES string of the molecule is CCOc1ccc(N)cc1C(=O)CO. The summed E-state index contributed by atoms with van der Waals surface area (Å²) >= 11 is 0. The maximum atomic E-state index is 11.3. The van der Waals surface area contributed by atoms with Gasteiger partial charge in [-0.2, -0.15) is 0 Å². The first-order valence-electron chi connectivity index (χ1n) is 4.35. The summed E-state index contributed by atoms with van der Waals surface area (Å²) in [4.78, 5) is 11.3. The maximum Gasteiger partial charge on any atom is 0.191 e. The number of nitrogens with two attached hydrogens (primary N) is 1. The van der Waals surface area contributed by atoms with Crippen molar-refractivity contribution in [3.05, 3.63) is 23.8 Å². The van der Waals surface area contributed by atoms with E-state index in [1.54, 1.807) is 12.1 Å². The van der Waals surface area contributed by atoms with Crippen molar-refractivity contribution in [2.75, 3.05) is 18.9 Å². The van der Waals surface area contributed by atoms with Gasteiger partial charge in [-0.3, -0.25) is 4.79 Å². The molecule has 0 bridgehead atoms. The molecule has 4 heteroatoms. The molecule has 0 atom stereocenters. The molecule has 0 radical (unpaired) electrons. The lowest BCUT2D eigenvalue weighted by atomic mass is 10.1. The number of ether oxygens (including phenoxy) is 1. The van der Waals surface area contributed by atoms with Crippen LogP contribution in [0, 0.1) is 0 Å². The van der Waals surface area contributed by atoms with Crippen molar-refractivity contribution >= 4 is 11.5 Å². The molecular weight excluding hydrogens is 182 g/mol. The summed E-state index contributed by atoms with van der Waals surface area (Å²) in [6.07, 6.45) is 0. The van der Waals surface area contributed by atoms with Gasteiger partial charge < -0.3 is 15.6 Å². The number of anilines is 1. The number of aliphatic hydroxyl groups is 1. The van der Waals surface area contributed by atoms with Gasteiger partial charge in [0.1, 0.15) is 12.4 Å². The average molecular weight is 195 g/mol. The second-order valence-electron chi connectivity index (χ2n) is 2.77. The standard InChI is InChI=1S/C10H13NO3/c1-2-14-10-4-3-7(11)5-8(10)9(13)6-12/h3-5,12H,2,6,11H2,1H3. The summed E-state index contributed by atoms with van der Waals surface area (Å²) in [5.41, 5.74) is 6.33. The molecule has 1 aromatic rings. The van der Waals surface area contributed by atoms with E-state index in [0.717, 1.165) is 0 Å². The molecule has 3 N–H and O–H groups in total. The van der Waals surface area contributed by atoms with E-state index in [-0.39, 0.29) is 5.78 Å². The summed E-state index contributed by atoms with van der Waals surface area (Å²) in [5, 5.41) is 8.73. The lowest BCUT2D eigenvalue weighted by Gasteiger charge is -2.08. The minimum Gasteiger partial charge on any atom is -0.493 e. The molecule has 14 heavy (non-hydrogen) atoms. The normalized spacial score (nSPS) is 9.86. The van der Waals surface area contributed by atoms with Gasteiger partial charge >= 0.3 is 0 Å². The zero-order valence-corrected chi connectivity index (χ0v) is 7.99. The van der Waals surface area contributed by atoms with Crippen LogP contribution in [0.15, 0.2) is 18.2 Å². The van der Waals surface area contributed by atoms with E-state index in [4.69, 9.17) is 15.6 Å². The lowest BCUT2D eigenvalue weighted by molar-refractivity contribution is 0.0900. The summed E-state index contributed by atoms with van der Waals surface area (Å²) in [7, 11) is 0. The van der Waals surface area contributed by atoms with Gasteiger partial charge in [-0.15, -0.1) is 0 Å². The Balaban J connectivity index is 3.08. The summed E-state index contributed by atoms with van der Waals surface area (Å²) in [6, 6.07) is 4.78. The molecule has 1 aromatic carbocycles. The third kappa shape index (κ3) is 2.23. The van der Waals surface area contributed by atoms with Crippen molar-refractivity contribution in [2.24, 2.45) is 0 Å². The van der Waals surface area contributed by atoms with Crippen LogP contribution in [0.3, 0.4) is 0 Å². The highest BCUT2D eigenvalue weighted by Crippen LogP contribution is 2.21. The Morgan fingerprint density at radius 1 is 1.57 bits per heavy atom.